The second-order valence-corrected chi connectivity index (χ2v) is 10.5. The Balaban J connectivity index is 0.00000323. The number of ether oxygens (including phenoxy) is 2. The fourth-order valence-corrected chi connectivity index (χ4v) is 6.58. The predicted molar refractivity (Wildman–Crippen MR) is 136 cm³/mol. The van der Waals surface area contributed by atoms with Gasteiger partial charge in [-0.15, -0.1) is 0 Å². The van der Waals surface area contributed by atoms with Gasteiger partial charge in [0.1, 0.15) is 22.8 Å². The Kier molecular flexibility index (Phi) is 6.85. The molecule has 11 nitrogen and oxygen atoms in total. The molecule has 1 radical (unpaired) electrons. The number of likely N-dealkylation sites (N-methyl/N-ethyl adjacent to an activating group) is 1. The normalized spacial score (nSPS) is 26.8. The van der Waals surface area contributed by atoms with Crippen molar-refractivity contribution in [3.8, 4) is 28.4 Å². The predicted octanol–water partition coefficient (Wildman–Crippen LogP) is 1.36. The number of Topliss-reactive ketones (excluding diaryl/α,β-unsaturated/α-hetero) is 2. The van der Waals surface area contributed by atoms with Crippen LogP contribution in [0.15, 0.2) is 47.2 Å². The number of aromatic hydroxyl groups is 1. The SMILES string of the molecule is CN(C)[C@H]1C(=O)C(C(N)=O)=C(O)[C@@]2(O)C(=O)C3=C(O)c4c(O)ccc(-c5ccc6c(c5)OCO6)c4C[C@H]3C[C@@H]12.[Y]. The number of rotatable bonds is 3. The fourth-order valence-electron chi connectivity index (χ4n) is 6.58. The van der Waals surface area contributed by atoms with Crippen molar-refractivity contribution >= 4 is 23.2 Å². The summed E-state index contributed by atoms with van der Waals surface area (Å²) in [4.78, 5) is 40.7. The first kappa shape index (κ1) is 28.3. The molecule has 1 aliphatic heterocycles. The molecule has 6 N–H and O–H groups in total. The zero-order chi connectivity index (χ0) is 28.0. The average Bonchev–Trinajstić information content (AvgIpc) is 3.34. The number of aliphatic hydroxyl groups is 3. The van der Waals surface area contributed by atoms with Crippen molar-refractivity contribution in [2.75, 3.05) is 20.9 Å². The van der Waals surface area contributed by atoms with Crippen LogP contribution in [0.4, 0.5) is 0 Å². The summed E-state index contributed by atoms with van der Waals surface area (Å²) in [6.45, 7) is 0.0956. The third-order valence-electron chi connectivity index (χ3n) is 8.29. The van der Waals surface area contributed by atoms with Crippen LogP contribution in [-0.4, -0.2) is 75.3 Å². The van der Waals surface area contributed by atoms with Gasteiger partial charge in [0.2, 0.25) is 12.6 Å². The summed E-state index contributed by atoms with van der Waals surface area (Å²) >= 11 is 0. The molecule has 2 aromatic rings. The second-order valence-electron chi connectivity index (χ2n) is 10.5. The van der Waals surface area contributed by atoms with Crippen molar-refractivity contribution in [2.45, 2.75) is 24.5 Å². The van der Waals surface area contributed by atoms with Gasteiger partial charge >= 0.3 is 0 Å². The van der Waals surface area contributed by atoms with Crippen LogP contribution in [0.25, 0.3) is 16.9 Å². The monoisotopic (exact) mass is 623 g/mol. The molecule has 1 saturated carbocycles. The maximum absolute atomic E-state index is 13.9. The number of nitrogens with zero attached hydrogens (tertiary/aromatic N) is 1. The molecule has 6 rings (SSSR count). The van der Waals surface area contributed by atoms with Gasteiger partial charge in [0.25, 0.3) is 5.91 Å². The van der Waals surface area contributed by atoms with Crippen molar-refractivity contribution in [1.29, 1.82) is 0 Å². The van der Waals surface area contributed by atoms with Crippen molar-refractivity contribution < 1.29 is 77.0 Å². The second kappa shape index (κ2) is 9.69. The first-order chi connectivity index (χ1) is 18.5. The minimum absolute atomic E-state index is 0. The third-order valence-corrected chi connectivity index (χ3v) is 8.29. The summed E-state index contributed by atoms with van der Waals surface area (Å²) in [6.07, 6.45) is 0.203. The molecule has 12 heteroatoms. The minimum Gasteiger partial charge on any atom is -0.508 e. The maximum Gasteiger partial charge on any atom is 0.255 e. The van der Waals surface area contributed by atoms with Gasteiger partial charge in [-0.3, -0.25) is 19.3 Å². The third kappa shape index (κ3) is 3.75. The van der Waals surface area contributed by atoms with E-state index < -0.39 is 58.0 Å². The van der Waals surface area contributed by atoms with Crippen molar-refractivity contribution in [2.24, 2.45) is 17.6 Å². The number of primary amides is 1. The molecular formula is C28H26N2O9Y. The number of phenolic OH excluding ortho intramolecular Hbond substituents is 1. The number of carbonyl (C=O) groups is 3. The van der Waals surface area contributed by atoms with Crippen LogP contribution in [0.3, 0.4) is 0 Å². The van der Waals surface area contributed by atoms with Gasteiger partial charge in [-0.05, 0) is 67.7 Å². The standard InChI is InChI=1S/C28H26N2O9.Y/c1-30(2)22-15-8-12-7-14-13(11-3-6-17-18(9-11)39-10-38-17)4-5-16(31)20(14)23(32)19(12)25(34)28(15,37)26(35)21(24(22)33)27(29)36;/h3-6,9,12,15,22,31-32,35,37H,7-8,10H2,1-2H3,(H2,29,36);/t12-,15-,22+,28-;/m0./s1. The topological polar surface area (TPSA) is 180 Å². The van der Waals surface area contributed by atoms with E-state index in [-0.39, 0.29) is 69.2 Å². The van der Waals surface area contributed by atoms with E-state index in [1.807, 2.05) is 6.07 Å². The van der Waals surface area contributed by atoms with E-state index in [2.05, 4.69) is 0 Å². The van der Waals surface area contributed by atoms with E-state index in [0.29, 0.717) is 22.6 Å². The smallest absolute Gasteiger partial charge is 0.255 e. The Bertz CT molecular complexity index is 1560. The number of fused-ring (bicyclic) bond motifs is 4. The van der Waals surface area contributed by atoms with Gasteiger partial charge < -0.3 is 35.6 Å². The summed E-state index contributed by atoms with van der Waals surface area (Å²) in [6, 6.07) is 7.31. The van der Waals surface area contributed by atoms with Crippen molar-refractivity contribution in [3.05, 3.63) is 58.4 Å². The molecule has 40 heavy (non-hydrogen) atoms. The van der Waals surface area contributed by atoms with Crippen LogP contribution in [0.1, 0.15) is 17.5 Å². The maximum atomic E-state index is 13.9. The van der Waals surface area contributed by atoms with Gasteiger partial charge in [0.15, 0.2) is 22.9 Å². The van der Waals surface area contributed by atoms with Crippen LogP contribution in [0.5, 0.6) is 17.2 Å². The Morgan fingerprint density at radius 3 is 2.45 bits per heavy atom. The minimum atomic E-state index is -2.67. The number of ketones is 2. The fraction of sp³-hybridized carbons (Fsp3) is 0.321. The number of benzene rings is 2. The molecule has 0 saturated heterocycles. The zero-order valence-corrected chi connectivity index (χ0v) is 24.5. The van der Waals surface area contributed by atoms with Crippen LogP contribution in [0.2, 0.25) is 0 Å². The van der Waals surface area contributed by atoms with E-state index >= 15 is 0 Å². The molecule has 3 aliphatic carbocycles. The van der Waals surface area contributed by atoms with Gasteiger partial charge in [-0.25, -0.2) is 0 Å². The van der Waals surface area contributed by atoms with E-state index in [9.17, 15) is 34.8 Å². The number of nitrogens with two attached hydrogens (primary N) is 1. The molecule has 0 aromatic heterocycles. The Morgan fingerprint density at radius 1 is 1.07 bits per heavy atom. The Hall–Kier alpha value is -3.25. The summed E-state index contributed by atoms with van der Waals surface area (Å²) in [5, 5.41) is 44.8. The van der Waals surface area contributed by atoms with Crippen LogP contribution in [-0.2, 0) is 53.5 Å². The van der Waals surface area contributed by atoms with Gasteiger partial charge in [-0.1, -0.05) is 12.1 Å². The first-order valence-electron chi connectivity index (χ1n) is 12.4. The quantitative estimate of drug-likeness (QED) is 0.314. The molecule has 1 amide bonds. The molecule has 2 aromatic carbocycles. The van der Waals surface area contributed by atoms with E-state index in [1.165, 1.54) is 11.0 Å². The summed E-state index contributed by atoms with van der Waals surface area (Å²) in [7, 11) is 3.12. The number of aliphatic hydroxyl groups excluding tert-OH is 2. The van der Waals surface area contributed by atoms with Crippen LogP contribution >= 0.6 is 0 Å². The largest absolute Gasteiger partial charge is 0.508 e. The van der Waals surface area contributed by atoms with Crippen molar-refractivity contribution in [1.82, 2.24) is 4.90 Å². The number of hydrogen-bond donors (Lipinski definition) is 5. The van der Waals surface area contributed by atoms with Crippen LogP contribution in [0, 0.1) is 11.8 Å². The number of amides is 1. The van der Waals surface area contributed by atoms with Gasteiger partial charge in [0, 0.05) is 44.2 Å². The molecule has 4 atom stereocenters. The molecule has 4 aliphatic rings. The number of hydrogen-bond acceptors (Lipinski definition) is 10. The molecule has 0 unspecified atom stereocenters. The zero-order valence-electron chi connectivity index (χ0n) is 21.7. The summed E-state index contributed by atoms with van der Waals surface area (Å²) in [5.41, 5.74) is 3.66. The molecule has 0 spiro atoms. The molecule has 205 valence electrons. The molecule has 0 bridgehead atoms. The first-order valence-corrected chi connectivity index (χ1v) is 12.4. The van der Waals surface area contributed by atoms with Gasteiger partial charge in [-0.2, -0.15) is 0 Å². The summed E-state index contributed by atoms with van der Waals surface area (Å²) < 4.78 is 10.9. The molecule has 1 fully saturated rings. The average molecular weight is 623 g/mol. The Morgan fingerprint density at radius 2 is 1.77 bits per heavy atom. The Labute approximate surface area is 253 Å². The molecular weight excluding hydrogens is 597 g/mol. The van der Waals surface area contributed by atoms with E-state index in [1.54, 1.807) is 32.3 Å². The van der Waals surface area contributed by atoms with Crippen LogP contribution < -0.4 is 15.2 Å². The van der Waals surface area contributed by atoms with Gasteiger partial charge in [0.05, 0.1) is 11.6 Å². The van der Waals surface area contributed by atoms with E-state index in [4.69, 9.17) is 15.2 Å². The number of phenols is 1. The number of carbonyl (C=O) groups excluding carboxylic acids is 3. The molecule has 1 heterocycles. The van der Waals surface area contributed by atoms with E-state index in [0.717, 1.165) is 5.56 Å². The van der Waals surface area contributed by atoms with Crippen molar-refractivity contribution in [3.63, 3.8) is 0 Å². The summed E-state index contributed by atoms with van der Waals surface area (Å²) in [5.74, 6) is -5.70.